The number of Topliss-reactive ketones (excluding diaryl/α,β-unsaturated/α-hetero) is 1. The zero-order chi connectivity index (χ0) is 24.6. The first-order valence-electron chi connectivity index (χ1n) is 10.3. The third-order valence-electron chi connectivity index (χ3n) is 5.75. The Labute approximate surface area is 216 Å². The van der Waals surface area contributed by atoms with E-state index in [4.69, 9.17) is 46.4 Å². The number of carbonyl (C=O) groups is 2. The van der Waals surface area contributed by atoms with Crippen molar-refractivity contribution in [2.45, 2.75) is 16.7 Å². The number of hydrogen-bond acceptors (Lipinski definition) is 2. The van der Waals surface area contributed by atoms with Crippen LogP contribution in [-0.2, 0) is 11.2 Å². The highest BCUT2D eigenvalue weighted by atomic mass is 35.5. The molecule has 1 saturated carbocycles. The summed E-state index contributed by atoms with van der Waals surface area (Å²) in [6, 6.07) is 15.6. The van der Waals surface area contributed by atoms with E-state index >= 15 is 0 Å². The van der Waals surface area contributed by atoms with Crippen LogP contribution < -0.4 is 5.32 Å². The summed E-state index contributed by atoms with van der Waals surface area (Å²) in [7, 11) is 0. The minimum atomic E-state index is -1.29. The van der Waals surface area contributed by atoms with Gasteiger partial charge in [0.2, 0.25) is 5.91 Å². The average molecular weight is 537 g/mol. The molecule has 0 aliphatic heterocycles. The lowest BCUT2D eigenvalue weighted by atomic mass is 10.0. The summed E-state index contributed by atoms with van der Waals surface area (Å²) in [6.07, 6.45) is 1.66. The Kier molecular flexibility index (Phi) is 7.07. The molecule has 1 fully saturated rings. The van der Waals surface area contributed by atoms with Gasteiger partial charge >= 0.3 is 0 Å². The van der Waals surface area contributed by atoms with Crippen LogP contribution in [0.15, 0.2) is 67.2 Å². The van der Waals surface area contributed by atoms with E-state index in [2.05, 4.69) is 11.9 Å². The molecule has 0 radical (unpaired) electrons. The number of benzene rings is 3. The standard InChI is InChI=1S/C26H18Cl4FNO2/c1-2-15-12-16(5-9-20(15)27)23-24(26(23,29)30)25(34)32-18-8-10-21(28)19(13-18)22(33)11-14-3-6-17(31)7-4-14/h2-10,12-13,23-24H,1,11H2,(H,32,34). The van der Waals surface area contributed by atoms with Crippen LogP contribution in [0, 0.1) is 11.7 Å². The maximum absolute atomic E-state index is 13.1. The van der Waals surface area contributed by atoms with Gasteiger partial charge in [-0.3, -0.25) is 9.59 Å². The summed E-state index contributed by atoms with van der Waals surface area (Å²) in [6.45, 7) is 3.73. The second-order valence-electron chi connectivity index (χ2n) is 8.03. The van der Waals surface area contributed by atoms with Crippen LogP contribution in [0.1, 0.15) is 33.0 Å². The first kappa shape index (κ1) is 24.7. The van der Waals surface area contributed by atoms with E-state index in [1.807, 2.05) is 0 Å². The molecule has 2 unspecified atom stereocenters. The number of amides is 1. The number of alkyl halides is 2. The SMILES string of the molecule is C=Cc1cc(C2C(C(=O)Nc3ccc(Cl)c(C(=O)Cc4ccc(F)cc4)c3)C2(Cl)Cl)ccc1Cl. The highest BCUT2D eigenvalue weighted by Crippen LogP contribution is 2.65. The van der Waals surface area contributed by atoms with Crippen molar-refractivity contribution in [2.24, 2.45) is 5.92 Å². The molecule has 1 aliphatic rings. The summed E-state index contributed by atoms with van der Waals surface area (Å²) < 4.78 is 11.8. The minimum Gasteiger partial charge on any atom is -0.326 e. The van der Waals surface area contributed by atoms with Crippen LogP contribution in [0.5, 0.6) is 0 Å². The molecule has 4 rings (SSSR count). The minimum absolute atomic E-state index is 0.0385. The van der Waals surface area contributed by atoms with Crippen LogP contribution in [0.2, 0.25) is 10.0 Å². The summed E-state index contributed by atoms with van der Waals surface area (Å²) in [5, 5.41) is 3.56. The first-order chi connectivity index (χ1) is 16.1. The van der Waals surface area contributed by atoms with Gasteiger partial charge in [-0.05, 0) is 59.2 Å². The maximum Gasteiger partial charge on any atom is 0.231 e. The second kappa shape index (κ2) is 9.71. The van der Waals surface area contributed by atoms with Gasteiger partial charge in [0.05, 0.1) is 10.9 Å². The second-order valence-corrected chi connectivity index (χ2v) is 10.3. The Balaban J connectivity index is 1.50. The van der Waals surface area contributed by atoms with E-state index in [0.717, 1.165) is 11.1 Å². The zero-order valence-corrected chi connectivity index (χ0v) is 20.6. The fourth-order valence-corrected chi connectivity index (χ4v) is 5.15. The topological polar surface area (TPSA) is 46.2 Å². The molecule has 1 N–H and O–H groups in total. The van der Waals surface area contributed by atoms with Crippen molar-refractivity contribution in [2.75, 3.05) is 5.32 Å². The van der Waals surface area contributed by atoms with E-state index in [-0.39, 0.29) is 34.5 Å². The van der Waals surface area contributed by atoms with Gasteiger partial charge in [0.25, 0.3) is 0 Å². The highest BCUT2D eigenvalue weighted by Gasteiger charge is 2.67. The van der Waals surface area contributed by atoms with Gasteiger partial charge in [0.1, 0.15) is 10.2 Å². The van der Waals surface area contributed by atoms with Crippen LogP contribution >= 0.6 is 46.4 Å². The van der Waals surface area contributed by atoms with Crippen LogP contribution in [-0.4, -0.2) is 16.0 Å². The monoisotopic (exact) mass is 535 g/mol. The maximum atomic E-state index is 13.1. The molecule has 3 nitrogen and oxygen atoms in total. The van der Waals surface area contributed by atoms with E-state index in [9.17, 15) is 14.0 Å². The molecule has 2 atom stereocenters. The number of nitrogens with one attached hydrogen (secondary N) is 1. The molecular weight excluding hydrogens is 519 g/mol. The number of hydrogen-bond donors (Lipinski definition) is 1. The largest absolute Gasteiger partial charge is 0.326 e. The van der Waals surface area contributed by atoms with Gasteiger partial charge in [0.15, 0.2) is 5.78 Å². The van der Waals surface area contributed by atoms with Gasteiger partial charge in [-0.2, -0.15) is 0 Å². The molecule has 0 saturated heterocycles. The molecule has 1 amide bonds. The average Bonchev–Trinajstić information content (AvgIpc) is 3.38. The van der Waals surface area contributed by atoms with Gasteiger partial charge in [0, 0.05) is 28.6 Å². The molecule has 174 valence electrons. The lowest BCUT2D eigenvalue weighted by Gasteiger charge is -2.09. The molecule has 0 bridgehead atoms. The Bertz CT molecular complexity index is 1290. The fraction of sp³-hybridized carbons (Fsp3) is 0.154. The molecule has 0 heterocycles. The van der Waals surface area contributed by atoms with E-state index < -0.39 is 16.2 Å². The van der Waals surface area contributed by atoms with Crippen molar-refractivity contribution in [3.05, 3.63) is 105 Å². The van der Waals surface area contributed by atoms with Crippen molar-refractivity contribution in [3.8, 4) is 0 Å². The number of ketones is 1. The first-order valence-corrected chi connectivity index (χ1v) is 11.8. The predicted molar refractivity (Wildman–Crippen MR) is 137 cm³/mol. The van der Waals surface area contributed by atoms with Gasteiger partial charge in [-0.1, -0.05) is 54.1 Å². The molecule has 3 aromatic carbocycles. The summed E-state index contributed by atoms with van der Waals surface area (Å²) >= 11 is 25.3. The molecule has 3 aromatic rings. The smallest absolute Gasteiger partial charge is 0.231 e. The summed E-state index contributed by atoms with van der Waals surface area (Å²) in [4.78, 5) is 25.8. The van der Waals surface area contributed by atoms with Gasteiger partial charge < -0.3 is 5.32 Å². The zero-order valence-electron chi connectivity index (χ0n) is 17.6. The quantitative estimate of drug-likeness (QED) is 0.248. The fourth-order valence-electron chi connectivity index (χ4n) is 3.90. The Morgan fingerprint density at radius 1 is 1.00 bits per heavy atom. The third kappa shape index (κ3) is 5.01. The number of carbonyl (C=O) groups excluding carboxylic acids is 2. The molecule has 1 aliphatic carbocycles. The highest BCUT2D eigenvalue weighted by molar-refractivity contribution is 6.53. The van der Waals surface area contributed by atoms with Crippen LogP contribution in [0.4, 0.5) is 10.1 Å². The molecular formula is C26H18Cl4FNO2. The predicted octanol–water partition coefficient (Wildman–Crippen LogP) is 7.73. The van der Waals surface area contributed by atoms with Crippen molar-refractivity contribution < 1.29 is 14.0 Å². The molecule has 8 heteroatoms. The number of halogens is 5. The van der Waals surface area contributed by atoms with Crippen molar-refractivity contribution in [1.29, 1.82) is 0 Å². The summed E-state index contributed by atoms with van der Waals surface area (Å²) in [5.41, 5.74) is 2.77. The van der Waals surface area contributed by atoms with Gasteiger partial charge in [-0.15, -0.1) is 23.2 Å². The third-order valence-corrected chi connectivity index (χ3v) is 7.36. The Morgan fingerprint density at radius 3 is 2.35 bits per heavy atom. The van der Waals surface area contributed by atoms with Gasteiger partial charge in [-0.25, -0.2) is 4.39 Å². The van der Waals surface area contributed by atoms with Crippen molar-refractivity contribution >= 4 is 69.9 Å². The van der Waals surface area contributed by atoms with E-state index in [0.29, 0.717) is 16.3 Å². The van der Waals surface area contributed by atoms with Crippen molar-refractivity contribution in [1.82, 2.24) is 0 Å². The normalized spacial score (nSPS) is 18.3. The van der Waals surface area contributed by atoms with E-state index in [1.165, 1.54) is 36.4 Å². The summed E-state index contributed by atoms with van der Waals surface area (Å²) in [5.74, 6) is -2.17. The van der Waals surface area contributed by atoms with E-state index in [1.54, 1.807) is 30.3 Å². The van der Waals surface area contributed by atoms with Crippen LogP contribution in [0.3, 0.4) is 0 Å². The van der Waals surface area contributed by atoms with Crippen molar-refractivity contribution in [3.63, 3.8) is 0 Å². The molecule has 0 aromatic heterocycles. The molecule has 34 heavy (non-hydrogen) atoms. The molecule has 0 spiro atoms. The Hall–Kier alpha value is -2.37. The van der Waals surface area contributed by atoms with Crippen LogP contribution in [0.25, 0.3) is 6.08 Å². The number of rotatable bonds is 7. The lowest BCUT2D eigenvalue weighted by Crippen LogP contribution is -2.17. The Morgan fingerprint density at radius 2 is 1.68 bits per heavy atom. The number of anilines is 1. The lowest BCUT2D eigenvalue weighted by molar-refractivity contribution is -0.117.